The molecule has 2 heterocycles. The molecule has 228 valence electrons. The summed E-state index contributed by atoms with van der Waals surface area (Å²) in [6.07, 6.45) is 1.45. The third-order valence-corrected chi connectivity index (χ3v) is 10.1. The van der Waals surface area contributed by atoms with Gasteiger partial charge in [0.05, 0.1) is 16.7 Å². The van der Waals surface area contributed by atoms with Crippen LogP contribution in [0.2, 0.25) is 0 Å². The van der Waals surface area contributed by atoms with Gasteiger partial charge in [-0.05, 0) is 48.2 Å². The van der Waals surface area contributed by atoms with Gasteiger partial charge in [0.15, 0.2) is 5.78 Å². The first-order valence-corrected chi connectivity index (χ1v) is 16.8. The monoisotopic (exact) mass is 629 g/mol. The van der Waals surface area contributed by atoms with Crippen molar-refractivity contribution in [2.24, 2.45) is 5.73 Å². The number of amidine groups is 1. The number of carbonyl (C=O) groups excluding carboxylic acids is 2. The average molecular weight is 630 g/mol. The van der Waals surface area contributed by atoms with Crippen LogP contribution in [0.4, 0.5) is 0 Å². The number of thiophene rings is 1. The van der Waals surface area contributed by atoms with E-state index in [1.165, 1.54) is 0 Å². The number of nitrogens with one attached hydrogen (secondary N) is 4. The molecule has 11 heteroatoms. The second kappa shape index (κ2) is 14.1. The number of amides is 1. The lowest BCUT2D eigenvalue weighted by molar-refractivity contribution is -0.129. The van der Waals surface area contributed by atoms with Gasteiger partial charge in [-0.25, -0.2) is 13.1 Å². The van der Waals surface area contributed by atoms with Gasteiger partial charge in [0.2, 0.25) is 15.9 Å². The summed E-state index contributed by atoms with van der Waals surface area (Å²) in [5.41, 5.74) is 7.75. The van der Waals surface area contributed by atoms with E-state index in [0.717, 1.165) is 28.9 Å². The van der Waals surface area contributed by atoms with Crippen molar-refractivity contribution in [1.82, 2.24) is 15.4 Å². The molecule has 1 fully saturated rings. The molecular formula is C33H35N5O4S2. The zero-order chi connectivity index (χ0) is 31.1. The number of benzene rings is 3. The predicted octanol–water partition coefficient (Wildman–Crippen LogP) is 3.83. The zero-order valence-corrected chi connectivity index (χ0v) is 25.6. The molecular weight excluding hydrogens is 595 g/mol. The minimum Gasteiger partial charge on any atom is -0.383 e. The molecule has 1 unspecified atom stereocenters. The minimum atomic E-state index is -4.03. The van der Waals surface area contributed by atoms with E-state index >= 15 is 0 Å². The van der Waals surface area contributed by atoms with Crippen molar-refractivity contribution >= 4 is 38.9 Å². The maximum Gasteiger partial charge on any atom is 0.240 e. The number of sulfonamides is 1. The van der Waals surface area contributed by atoms with Crippen LogP contribution in [0.1, 0.15) is 51.2 Å². The molecule has 1 amide bonds. The zero-order valence-electron chi connectivity index (χ0n) is 24.0. The Morgan fingerprint density at radius 2 is 1.50 bits per heavy atom. The van der Waals surface area contributed by atoms with Gasteiger partial charge >= 0.3 is 0 Å². The first-order chi connectivity index (χ1) is 21.2. The summed E-state index contributed by atoms with van der Waals surface area (Å²) >= 11 is 1.15. The third kappa shape index (κ3) is 7.67. The second-order valence-electron chi connectivity index (χ2n) is 10.7. The largest absolute Gasteiger partial charge is 0.383 e. The Morgan fingerprint density at radius 3 is 2.02 bits per heavy atom. The topological polar surface area (TPSA) is 154 Å². The summed E-state index contributed by atoms with van der Waals surface area (Å²) in [5.74, 6) is -2.05. The molecule has 5 rings (SSSR count). The minimum absolute atomic E-state index is 0.141. The molecule has 1 aromatic heterocycles. The number of nitrogen functional groups attached to an aromatic ring is 1. The van der Waals surface area contributed by atoms with E-state index in [9.17, 15) is 18.0 Å². The summed E-state index contributed by atoms with van der Waals surface area (Å²) in [6.45, 7) is 0.687. The van der Waals surface area contributed by atoms with Crippen LogP contribution in [-0.2, 0) is 25.4 Å². The first kappa shape index (κ1) is 31.3. The molecule has 6 N–H and O–H groups in total. The van der Waals surface area contributed by atoms with Gasteiger partial charge < -0.3 is 16.4 Å². The molecule has 1 saturated heterocycles. The van der Waals surface area contributed by atoms with E-state index in [1.54, 1.807) is 42.5 Å². The Labute approximate surface area is 261 Å². The molecule has 9 nitrogen and oxygen atoms in total. The van der Waals surface area contributed by atoms with Crippen molar-refractivity contribution in [2.45, 2.75) is 42.6 Å². The summed E-state index contributed by atoms with van der Waals surface area (Å²) in [5, 5.41) is 14.0. The first-order valence-electron chi connectivity index (χ1n) is 14.4. The second-order valence-corrected chi connectivity index (χ2v) is 13.6. The van der Waals surface area contributed by atoms with Crippen molar-refractivity contribution in [3.8, 4) is 0 Å². The Morgan fingerprint density at radius 1 is 0.909 bits per heavy atom. The highest BCUT2D eigenvalue weighted by Gasteiger charge is 2.38. The van der Waals surface area contributed by atoms with Gasteiger partial charge in [-0.15, -0.1) is 11.3 Å². The van der Waals surface area contributed by atoms with Crippen LogP contribution < -0.4 is 21.1 Å². The molecule has 44 heavy (non-hydrogen) atoms. The fourth-order valence-corrected chi connectivity index (χ4v) is 7.77. The van der Waals surface area contributed by atoms with E-state index in [2.05, 4.69) is 15.4 Å². The number of carbonyl (C=O) groups is 2. The SMILES string of the molecule is N=C(N)c1ccc(C(NC(=O)[C@H](NS(=O)(=O)Cc2ccccc2)C(c2ccccc2)c2ccccc2)C(=O)[C@@H]2CCCN2)s1. The van der Waals surface area contributed by atoms with Gasteiger partial charge in [-0.3, -0.25) is 15.0 Å². The van der Waals surface area contributed by atoms with Gasteiger partial charge in [-0.1, -0.05) is 91.0 Å². The van der Waals surface area contributed by atoms with Crippen molar-refractivity contribution < 1.29 is 18.0 Å². The highest BCUT2D eigenvalue weighted by Crippen LogP contribution is 2.31. The fraction of sp³-hybridized carbons (Fsp3) is 0.242. The maximum absolute atomic E-state index is 14.4. The molecule has 4 aromatic rings. The van der Waals surface area contributed by atoms with E-state index in [4.69, 9.17) is 11.1 Å². The van der Waals surface area contributed by atoms with Crippen LogP contribution in [0.5, 0.6) is 0 Å². The van der Waals surface area contributed by atoms with E-state index < -0.39 is 40.0 Å². The van der Waals surface area contributed by atoms with Crippen molar-refractivity contribution in [3.63, 3.8) is 0 Å². The summed E-state index contributed by atoms with van der Waals surface area (Å²) in [7, 11) is -4.03. The Hall–Kier alpha value is -4.16. The van der Waals surface area contributed by atoms with Crippen molar-refractivity contribution in [1.29, 1.82) is 5.41 Å². The van der Waals surface area contributed by atoms with Crippen LogP contribution in [0.3, 0.4) is 0 Å². The number of hydrogen-bond acceptors (Lipinski definition) is 7. The molecule has 3 atom stereocenters. The lowest BCUT2D eigenvalue weighted by Crippen LogP contribution is -2.53. The Balaban J connectivity index is 1.56. The summed E-state index contributed by atoms with van der Waals surface area (Å²) in [6, 6.07) is 27.7. The van der Waals surface area contributed by atoms with Gasteiger partial charge in [0.25, 0.3) is 0 Å². The number of rotatable bonds is 13. The summed E-state index contributed by atoms with van der Waals surface area (Å²) < 4.78 is 30.0. The quantitative estimate of drug-likeness (QED) is 0.112. The van der Waals surface area contributed by atoms with Crippen LogP contribution in [0.15, 0.2) is 103 Å². The third-order valence-electron chi connectivity index (χ3n) is 7.59. The van der Waals surface area contributed by atoms with Gasteiger partial charge in [0, 0.05) is 10.8 Å². The fourth-order valence-electron chi connectivity index (χ4n) is 5.50. The Bertz CT molecular complexity index is 1650. The smallest absolute Gasteiger partial charge is 0.240 e. The number of Topliss-reactive ketones (excluding diaryl/α,β-unsaturated/α-hetero) is 1. The molecule has 0 saturated carbocycles. The highest BCUT2D eigenvalue weighted by molar-refractivity contribution is 7.88. The van der Waals surface area contributed by atoms with Gasteiger partial charge in [-0.2, -0.15) is 0 Å². The van der Waals surface area contributed by atoms with Crippen LogP contribution in [0, 0.1) is 5.41 Å². The van der Waals surface area contributed by atoms with Crippen molar-refractivity contribution in [2.75, 3.05) is 6.54 Å². The number of hydrogen-bond donors (Lipinski definition) is 5. The molecule has 3 aromatic carbocycles. The predicted molar refractivity (Wildman–Crippen MR) is 173 cm³/mol. The standard InChI is InChI=1S/C33H35N5O4S2/c34-32(35)27-19-18-26(43-27)29(31(39)25-17-10-20-36-25)37-33(40)30(38-44(41,42)21-22-11-4-1-5-12-22)28(23-13-6-2-7-14-23)24-15-8-3-9-16-24/h1-9,11-16,18-19,25,28-30,36,38H,10,17,20-21H2,(H3,34,35)(H,37,40)/t25-,29?,30+/m0/s1. The number of nitrogens with two attached hydrogens (primary N) is 1. The van der Waals surface area contributed by atoms with Crippen LogP contribution in [-0.4, -0.2) is 44.6 Å². The van der Waals surface area contributed by atoms with Crippen LogP contribution >= 0.6 is 11.3 Å². The molecule has 1 aliphatic rings. The Kier molecular flexibility index (Phi) is 10.0. The molecule has 1 aliphatic heterocycles. The molecule has 0 spiro atoms. The highest BCUT2D eigenvalue weighted by atomic mass is 32.2. The molecule has 0 radical (unpaired) electrons. The average Bonchev–Trinajstić information content (AvgIpc) is 3.74. The normalized spacial score (nSPS) is 16.3. The molecule has 0 aliphatic carbocycles. The lowest BCUT2D eigenvalue weighted by Gasteiger charge is -2.30. The van der Waals surface area contributed by atoms with E-state index in [1.807, 2.05) is 60.7 Å². The maximum atomic E-state index is 14.4. The lowest BCUT2D eigenvalue weighted by atomic mass is 9.85. The van der Waals surface area contributed by atoms with Gasteiger partial charge in [0.1, 0.15) is 17.9 Å². The molecule has 0 bridgehead atoms. The van der Waals surface area contributed by atoms with Crippen molar-refractivity contribution in [3.05, 3.63) is 130 Å². The number of ketones is 1. The van der Waals surface area contributed by atoms with Crippen LogP contribution in [0.25, 0.3) is 0 Å². The summed E-state index contributed by atoms with van der Waals surface area (Å²) in [4.78, 5) is 29.2. The van der Waals surface area contributed by atoms with E-state index in [0.29, 0.717) is 28.3 Å². The van der Waals surface area contributed by atoms with E-state index in [-0.39, 0.29) is 17.4 Å².